The first-order chi connectivity index (χ1) is 12.6. The fourth-order valence-corrected chi connectivity index (χ4v) is 3.72. The van der Waals surface area contributed by atoms with Gasteiger partial charge in [0.25, 0.3) is 0 Å². The Hall–Kier alpha value is -2.47. The molecular weight excluding hydrogens is 348 g/mol. The van der Waals surface area contributed by atoms with Crippen molar-refractivity contribution in [2.45, 2.75) is 19.3 Å². The van der Waals surface area contributed by atoms with Gasteiger partial charge in [0.1, 0.15) is 0 Å². The van der Waals surface area contributed by atoms with Crippen molar-refractivity contribution in [3.05, 3.63) is 58.3 Å². The Kier molecular flexibility index (Phi) is 6.17. The average Bonchev–Trinajstić information content (AvgIpc) is 3.21. The second kappa shape index (κ2) is 8.76. The molecule has 1 fully saturated rings. The molecule has 136 valence electrons. The van der Waals surface area contributed by atoms with Crippen LogP contribution in [0.2, 0.25) is 0 Å². The van der Waals surface area contributed by atoms with Gasteiger partial charge in [0.15, 0.2) is 5.78 Å². The summed E-state index contributed by atoms with van der Waals surface area (Å²) in [6.07, 6.45) is 0.866. The molecular formula is C20H22N2O3S. The van der Waals surface area contributed by atoms with Crippen molar-refractivity contribution >= 4 is 28.9 Å². The summed E-state index contributed by atoms with van der Waals surface area (Å²) < 4.78 is 0. The summed E-state index contributed by atoms with van der Waals surface area (Å²) in [5.41, 5.74) is 1.00. The van der Waals surface area contributed by atoms with E-state index in [-0.39, 0.29) is 30.4 Å². The minimum atomic E-state index is -0.00920. The Morgan fingerprint density at radius 2 is 1.46 bits per heavy atom. The van der Waals surface area contributed by atoms with Gasteiger partial charge < -0.3 is 9.80 Å². The number of amides is 2. The number of carbonyl (C=O) groups is 3. The third-order valence-corrected chi connectivity index (χ3v) is 5.46. The van der Waals surface area contributed by atoms with Crippen LogP contribution in [0, 0.1) is 0 Å². The van der Waals surface area contributed by atoms with Crippen LogP contribution in [0.5, 0.6) is 0 Å². The number of nitrogens with zero attached hydrogens (tertiary/aromatic N) is 2. The van der Waals surface area contributed by atoms with Crippen LogP contribution in [0.1, 0.15) is 28.1 Å². The third kappa shape index (κ3) is 4.79. The Labute approximate surface area is 157 Å². The highest BCUT2D eigenvalue weighted by molar-refractivity contribution is 7.12. The molecule has 0 unspecified atom stereocenters. The quantitative estimate of drug-likeness (QED) is 0.735. The number of piperazine rings is 1. The average molecular weight is 370 g/mol. The highest BCUT2D eigenvalue weighted by atomic mass is 32.1. The molecule has 0 saturated carbocycles. The van der Waals surface area contributed by atoms with Gasteiger partial charge in [-0.05, 0) is 17.0 Å². The summed E-state index contributed by atoms with van der Waals surface area (Å²) in [4.78, 5) is 41.0. The van der Waals surface area contributed by atoms with E-state index >= 15 is 0 Å². The van der Waals surface area contributed by atoms with Crippen molar-refractivity contribution in [2.75, 3.05) is 26.2 Å². The molecule has 5 nitrogen and oxygen atoms in total. The smallest absolute Gasteiger partial charge is 0.227 e. The Balaban J connectivity index is 1.42. The first kappa shape index (κ1) is 18.3. The maximum atomic E-state index is 12.4. The van der Waals surface area contributed by atoms with E-state index in [1.807, 2.05) is 46.7 Å². The zero-order valence-electron chi connectivity index (χ0n) is 14.6. The van der Waals surface area contributed by atoms with Crippen LogP contribution in [0.25, 0.3) is 0 Å². The van der Waals surface area contributed by atoms with Gasteiger partial charge in [-0.15, -0.1) is 11.3 Å². The lowest BCUT2D eigenvalue weighted by Crippen LogP contribution is -2.51. The standard InChI is InChI=1S/C20H22N2O3S/c23-17(18-7-4-14-26-18)8-9-19(24)21-10-12-22(13-11-21)20(25)15-16-5-2-1-3-6-16/h1-7,14H,8-13,15H2. The van der Waals surface area contributed by atoms with Crippen molar-refractivity contribution in [3.8, 4) is 0 Å². The molecule has 0 aliphatic carbocycles. The van der Waals surface area contributed by atoms with Crippen LogP contribution in [0.4, 0.5) is 0 Å². The van der Waals surface area contributed by atoms with Gasteiger partial charge in [-0.2, -0.15) is 0 Å². The summed E-state index contributed by atoms with van der Waals surface area (Å²) in [6.45, 7) is 2.17. The van der Waals surface area contributed by atoms with Gasteiger partial charge >= 0.3 is 0 Å². The fourth-order valence-electron chi connectivity index (χ4n) is 3.03. The molecule has 1 saturated heterocycles. The zero-order chi connectivity index (χ0) is 18.4. The first-order valence-electron chi connectivity index (χ1n) is 8.79. The van der Waals surface area contributed by atoms with Gasteiger partial charge in [-0.1, -0.05) is 36.4 Å². The van der Waals surface area contributed by atoms with Crippen molar-refractivity contribution in [1.82, 2.24) is 9.80 Å². The molecule has 2 aromatic rings. The number of ketones is 1. The van der Waals surface area contributed by atoms with E-state index < -0.39 is 0 Å². The maximum Gasteiger partial charge on any atom is 0.227 e. The summed E-state index contributed by atoms with van der Waals surface area (Å²) in [5.74, 6) is 0.103. The van der Waals surface area contributed by atoms with E-state index in [1.165, 1.54) is 11.3 Å². The molecule has 0 radical (unpaired) electrons. The Morgan fingerprint density at radius 3 is 2.08 bits per heavy atom. The molecule has 3 rings (SSSR count). The van der Waals surface area contributed by atoms with Crippen molar-refractivity contribution in [2.24, 2.45) is 0 Å². The molecule has 1 aliphatic heterocycles. The highest BCUT2D eigenvalue weighted by Gasteiger charge is 2.24. The fraction of sp³-hybridized carbons (Fsp3) is 0.350. The molecule has 2 amide bonds. The number of carbonyl (C=O) groups excluding carboxylic acids is 3. The van der Waals surface area contributed by atoms with Crippen LogP contribution >= 0.6 is 11.3 Å². The van der Waals surface area contributed by atoms with Gasteiger partial charge in [0.2, 0.25) is 11.8 Å². The van der Waals surface area contributed by atoms with Crippen LogP contribution in [-0.4, -0.2) is 53.6 Å². The second-order valence-corrected chi connectivity index (χ2v) is 7.27. The van der Waals surface area contributed by atoms with E-state index in [1.54, 1.807) is 11.0 Å². The Morgan fingerprint density at radius 1 is 0.808 bits per heavy atom. The topological polar surface area (TPSA) is 57.7 Å². The predicted octanol–water partition coefficient (Wildman–Crippen LogP) is 2.62. The molecule has 0 N–H and O–H groups in total. The van der Waals surface area contributed by atoms with Gasteiger partial charge in [-0.25, -0.2) is 0 Å². The molecule has 2 heterocycles. The Bertz CT molecular complexity index is 751. The monoisotopic (exact) mass is 370 g/mol. The molecule has 0 bridgehead atoms. The summed E-state index contributed by atoms with van der Waals surface area (Å²) in [5, 5.41) is 1.86. The van der Waals surface area contributed by atoms with Crippen LogP contribution < -0.4 is 0 Å². The number of hydrogen-bond acceptors (Lipinski definition) is 4. The van der Waals surface area contributed by atoms with Gasteiger partial charge in [-0.3, -0.25) is 14.4 Å². The van der Waals surface area contributed by atoms with Crippen molar-refractivity contribution in [3.63, 3.8) is 0 Å². The minimum Gasteiger partial charge on any atom is -0.339 e. The van der Waals surface area contributed by atoms with Crippen LogP contribution in [0.3, 0.4) is 0 Å². The minimum absolute atomic E-state index is 0.00920. The lowest BCUT2D eigenvalue weighted by Gasteiger charge is -2.35. The van der Waals surface area contributed by atoms with Crippen molar-refractivity contribution in [1.29, 1.82) is 0 Å². The van der Waals surface area contributed by atoms with Gasteiger partial charge in [0, 0.05) is 39.0 Å². The molecule has 0 atom stereocenters. The van der Waals surface area contributed by atoms with E-state index in [9.17, 15) is 14.4 Å². The zero-order valence-corrected chi connectivity index (χ0v) is 15.4. The molecule has 1 aliphatic rings. The van der Waals surface area contributed by atoms with E-state index in [2.05, 4.69) is 0 Å². The lowest BCUT2D eigenvalue weighted by atomic mass is 10.1. The largest absolute Gasteiger partial charge is 0.339 e. The predicted molar refractivity (Wildman–Crippen MR) is 101 cm³/mol. The summed E-state index contributed by atoms with van der Waals surface area (Å²) >= 11 is 1.40. The van der Waals surface area contributed by atoms with Crippen molar-refractivity contribution < 1.29 is 14.4 Å². The van der Waals surface area contributed by atoms with Gasteiger partial charge in [0.05, 0.1) is 11.3 Å². The lowest BCUT2D eigenvalue weighted by molar-refractivity contribution is -0.139. The van der Waals surface area contributed by atoms with Crippen LogP contribution in [0.15, 0.2) is 47.8 Å². The molecule has 6 heteroatoms. The normalized spacial score (nSPS) is 14.3. The first-order valence-corrected chi connectivity index (χ1v) is 9.67. The molecule has 1 aromatic carbocycles. The number of thiophene rings is 1. The van der Waals surface area contributed by atoms with Crippen LogP contribution in [-0.2, 0) is 16.0 Å². The number of Topliss-reactive ketones (excluding diaryl/α,β-unsaturated/α-hetero) is 1. The summed E-state index contributed by atoms with van der Waals surface area (Å²) in [7, 11) is 0. The molecule has 0 spiro atoms. The maximum absolute atomic E-state index is 12.4. The number of hydrogen-bond donors (Lipinski definition) is 0. The second-order valence-electron chi connectivity index (χ2n) is 6.32. The number of benzene rings is 1. The summed E-state index contributed by atoms with van der Waals surface area (Å²) in [6, 6.07) is 13.3. The van der Waals surface area contributed by atoms with E-state index in [4.69, 9.17) is 0 Å². The number of rotatable bonds is 6. The third-order valence-electron chi connectivity index (χ3n) is 4.55. The van der Waals surface area contributed by atoms with E-state index in [0.717, 1.165) is 5.56 Å². The molecule has 1 aromatic heterocycles. The SMILES string of the molecule is O=C(CCC(=O)N1CCN(C(=O)Cc2ccccc2)CC1)c1cccs1. The highest BCUT2D eigenvalue weighted by Crippen LogP contribution is 2.14. The van der Waals surface area contributed by atoms with E-state index in [0.29, 0.717) is 37.5 Å². The molecule has 26 heavy (non-hydrogen) atoms.